The molecular formula is C42H36O8S8. The standard InChI is InChI=1S/C42H36O8S8/c43-33(47-29-13-5-1-6-14-29)21-25-51-37-38(52-26-22-34(44)48-30-15-7-2-8-16-30)56-41(55-37)42-57-39(53-27-23-35(45)49-31-17-9-3-10-18-31)40(58-42)54-28-24-36(46)50-32-19-11-4-12-20-32/h1-20H,21-28H2. The molecule has 0 amide bonds. The predicted octanol–water partition coefficient (Wildman–Crippen LogP) is 12.2. The van der Waals surface area contributed by atoms with Gasteiger partial charge in [0.25, 0.3) is 0 Å². The van der Waals surface area contributed by atoms with Crippen LogP contribution in [0.5, 0.6) is 23.0 Å². The number of hydrogen-bond donors (Lipinski definition) is 0. The molecule has 2 heterocycles. The molecule has 58 heavy (non-hydrogen) atoms. The number of carbonyl (C=O) groups excluding carboxylic acids is 4. The van der Waals surface area contributed by atoms with E-state index in [2.05, 4.69) is 0 Å². The molecule has 0 bridgehead atoms. The van der Waals surface area contributed by atoms with Crippen molar-refractivity contribution in [1.29, 1.82) is 0 Å². The molecule has 0 aromatic heterocycles. The van der Waals surface area contributed by atoms with E-state index in [1.807, 2.05) is 72.8 Å². The summed E-state index contributed by atoms with van der Waals surface area (Å²) < 4.78 is 28.5. The number of carbonyl (C=O) groups is 4. The van der Waals surface area contributed by atoms with E-state index in [9.17, 15) is 19.2 Å². The minimum atomic E-state index is -0.305. The third kappa shape index (κ3) is 15.1. The van der Waals surface area contributed by atoms with E-state index < -0.39 is 0 Å². The van der Waals surface area contributed by atoms with Gasteiger partial charge in [0.2, 0.25) is 0 Å². The molecular weight excluding hydrogens is 889 g/mol. The van der Waals surface area contributed by atoms with Crippen LogP contribution in [-0.4, -0.2) is 46.9 Å². The normalized spacial score (nSPS) is 13.8. The van der Waals surface area contributed by atoms with Crippen LogP contribution in [0.3, 0.4) is 0 Å². The van der Waals surface area contributed by atoms with Crippen LogP contribution in [0.15, 0.2) is 147 Å². The highest BCUT2D eigenvalue weighted by molar-refractivity contribution is 8.45. The second-order valence-corrected chi connectivity index (χ2v) is 21.7. The SMILES string of the molecule is O=C(CCSC1=C(SCCC(=O)Oc2ccccc2)SC(=C2SC(SCCC(=O)Oc3ccccc3)=C(SCCC(=O)Oc3ccccc3)S2)S1)Oc1ccccc1. The summed E-state index contributed by atoms with van der Waals surface area (Å²) in [5.74, 6) is 2.93. The van der Waals surface area contributed by atoms with Crippen LogP contribution in [-0.2, 0) is 19.2 Å². The van der Waals surface area contributed by atoms with E-state index in [1.54, 1.807) is 143 Å². The van der Waals surface area contributed by atoms with Crippen molar-refractivity contribution < 1.29 is 38.1 Å². The molecule has 0 fully saturated rings. The van der Waals surface area contributed by atoms with Gasteiger partial charge in [0.15, 0.2) is 0 Å². The molecule has 2 aliphatic heterocycles. The molecule has 4 aromatic carbocycles. The largest absolute Gasteiger partial charge is 0.427 e. The average Bonchev–Trinajstić information content (AvgIpc) is 3.83. The number of hydrogen-bond acceptors (Lipinski definition) is 16. The fourth-order valence-corrected chi connectivity index (χ4v) is 16.6. The Bertz CT molecular complexity index is 1820. The Morgan fingerprint density at radius 2 is 0.552 bits per heavy atom. The molecule has 0 atom stereocenters. The highest BCUT2D eigenvalue weighted by atomic mass is 32.3. The zero-order chi connectivity index (χ0) is 40.4. The molecule has 2 aliphatic rings. The zero-order valence-electron chi connectivity index (χ0n) is 30.7. The highest BCUT2D eigenvalue weighted by Crippen LogP contribution is 2.66. The first-order chi connectivity index (χ1) is 28.4. The third-order valence-electron chi connectivity index (χ3n) is 7.30. The van der Waals surface area contributed by atoms with E-state index in [0.717, 1.165) is 25.4 Å². The fraction of sp³-hybridized carbons (Fsp3) is 0.190. The van der Waals surface area contributed by atoms with Crippen LogP contribution in [0.2, 0.25) is 0 Å². The maximum atomic E-state index is 12.6. The molecule has 300 valence electrons. The third-order valence-corrected chi connectivity index (χ3v) is 18.9. The highest BCUT2D eigenvalue weighted by Gasteiger charge is 2.31. The van der Waals surface area contributed by atoms with Gasteiger partial charge in [-0.25, -0.2) is 0 Å². The Hall–Kier alpha value is -3.22. The summed E-state index contributed by atoms with van der Waals surface area (Å²) in [6.45, 7) is 0. The van der Waals surface area contributed by atoms with Crippen molar-refractivity contribution in [1.82, 2.24) is 0 Å². The zero-order valence-corrected chi connectivity index (χ0v) is 37.3. The van der Waals surface area contributed by atoms with E-state index >= 15 is 0 Å². The first kappa shape index (κ1) is 44.3. The Morgan fingerprint density at radius 3 is 0.759 bits per heavy atom. The molecule has 0 radical (unpaired) electrons. The first-order valence-corrected chi connectivity index (χ1v) is 25.1. The number of benzene rings is 4. The Kier molecular flexibility index (Phi) is 18.5. The van der Waals surface area contributed by atoms with Gasteiger partial charge in [-0.2, -0.15) is 0 Å². The van der Waals surface area contributed by atoms with Crippen molar-refractivity contribution in [3.8, 4) is 23.0 Å². The van der Waals surface area contributed by atoms with Gasteiger partial charge in [-0.1, -0.05) is 120 Å². The van der Waals surface area contributed by atoms with Crippen LogP contribution in [0.4, 0.5) is 0 Å². The maximum Gasteiger partial charge on any atom is 0.312 e. The number of para-hydroxylation sites is 4. The van der Waals surface area contributed by atoms with Gasteiger partial charge in [0, 0.05) is 23.0 Å². The van der Waals surface area contributed by atoms with E-state index in [-0.39, 0.29) is 49.6 Å². The molecule has 0 aliphatic carbocycles. The monoisotopic (exact) mass is 924 g/mol. The second kappa shape index (κ2) is 24.1. The molecule has 0 spiro atoms. The minimum Gasteiger partial charge on any atom is -0.427 e. The lowest BCUT2D eigenvalue weighted by Gasteiger charge is -2.06. The van der Waals surface area contributed by atoms with E-state index in [4.69, 9.17) is 18.9 Å². The lowest BCUT2D eigenvalue weighted by atomic mass is 10.3. The maximum absolute atomic E-state index is 12.6. The van der Waals surface area contributed by atoms with Crippen LogP contribution < -0.4 is 18.9 Å². The van der Waals surface area contributed by atoms with Gasteiger partial charge < -0.3 is 18.9 Å². The van der Waals surface area contributed by atoms with Gasteiger partial charge in [-0.05, 0) is 48.5 Å². The van der Waals surface area contributed by atoms with Gasteiger partial charge in [0.05, 0.1) is 51.1 Å². The van der Waals surface area contributed by atoms with Crippen LogP contribution in [0.1, 0.15) is 25.7 Å². The topological polar surface area (TPSA) is 105 Å². The molecule has 6 rings (SSSR count). The van der Waals surface area contributed by atoms with Crippen LogP contribution >= 0.6 is 94.1 Å². The summed E-state index contributed by atoms with van der Waals surface area (Å²) in [7, 11) is 0. The first-order valence-electron chi connectivity index (χ1n) is 17.9. The quantitative estimate of drug-likeness (QED) is 0.0619. The summed E-state index contributed by atoms with van der Waals surface area (Å²) in [6, 6.07) is 36.1. The Morgan fingerprint density at radius 1 is 0.345 bits per heavy atom. The van der Waals surface area contributed by atoms with Gasteiger partial charge in [-0.15, -0.1) is 47.0 Å². The molecule has 0 unspecified atom stereocenters. The predicted molar refractivity (Wildman–Crippen MR) is 248 cm³/mol. The Balaban J connectivity index is 1.09. The fourth-order valence-electron chi connectivity index (χ4n) is 4.66. The Labute approximate surface area is 371 Å². The van der Waals surface area contributed by atoms with Crippen molar-refractivity contribution in [3.63, 3.8) is 0 Å². The molecule has 0 saturated carbocycles. The molecule has 4 aromatic rings. The summed E-state index contributed by atoms with van der Waals surface area (Å²) in [4.78, 5) is 50.6. The van der Waals surface area contributed by atoms with Gasteiger partial charge >= 0.3 is 23.9 Å². The van der Waals surface area contributed by atoms with Crippen molar-refractivity contribution in [2.45, 2.75) is 25.7 Å². The van der Waals surface area contributed by atoms with Crippen LogP contribution in [0, 0.1) is 0 Å². The van der Waals surface area contributed by atoms with Crippen molar-refractivity contribution in [3.05, 3.63) is 147 Å². The van der Waals surface area contributed by atoms with Gasteiger partial charge in [-0.3, -0.25) is 19.2 Å². The number of rotatable bonds is 20. The van der Waals surface area contributed by atoms with Crippen molar-refractivity contribution in [2.75, 3.05) is 23.0 Å². The minimum absolute atomic E-state index is 0.230. The van der Waals surface area contributed by atoms with E-state index in [1.165, 1.54) is 0 Å². The molecule has 16 heteroatoms. The number of esters is 4. The molecule has 8 nitrogen and oxygen atoms in total. The molecule has 0 N–H and O–H groups in total. The number of ether oxygens (including phenoxy) is 4. The summed E-state index contributed by atoms with van der Waals surface area (Å²) in [5, 5.41) is 0. The van der Waals surface area contributed by atoms with Crippen molar-refractivity contribution in [2.24, 2.45) is 0 Å². The average molecular weight is 925 g/mol. The summed E-state index contributed by atoms with van der Waals surface area (Å²) >= 11 is 13.0. The second-order valence-electron chi connectivity index (χ2n) is 11.7. The number of thioether (sulfide) groups is 8. The van der Waals surface area contributed by atoms with Gasteiger partial charge in [0.1, 0.15) is 23.0 Å². The van der Waals surface area contributed by atoms with E-state index in [0.29, 0.717) is 46.0 Å². The lowest BCUT2D eigenvalue weighted by Crippen LogP contribution is -2.08. The summed E-state index contributed by atoms with van der Waals surface area (Å²) in [6.07, 6.45) is 0.919. The smallest absolute Gasteiger partial charge is 0.312 e. The summed E-state index contributed by atoms with van der Waals surface area (Å²) in [5.41, 5.74) is 0. The van der Waals surface area contributed by atoms with Crippen molar-refractivity contribution >= 4 is 118 Å². The molecule has 0 saturated heterocycles. The van der Waals surface area contributed by atoms with Crippen LogP contribution in [0.25, 0.3) is 0 Å². The lowest BCUT2D eigenvalue weighted by molar-refractivity contribution is -0.134.